The molecule has 0 atom stereocenters. The number of amides is 1. The van der Waals surface area contributed by atoms with Gasteiger partial charge in [0.1, 0.15) is 11.3 Å². The van der Waals surface area contributed by atoms with Gasteiger partial charge < -0.3 is 10.4 Å². The molecule has 0 heterocycles. The third-order valence-corrected chi connectivity index (χ3v) is 4.88. The molecule has 3 aromatic rings. The number of carbonyl (C=O) groups is 1. The first-order valence-electron chi connectivity index (χ1n) is 7.87. The van der Waals surface area contributed by atoms with Gasteiger partial charge in [0.15, 0.2) is 0 Å². The zero-order valence-electron chi connectivity index (χ0n) is 14.4. The minimum atomic E-state index is -4.60. The Bertz CT molecular complexity index is 1240. The Labute approximate surface area is 159 Å². The second-order valence-corrected chi connectivity index (χ2v) is 7.50. The number of nitro groups is 1. The highest BCUT2D eigenvalue weighted by molar-refractivity contribution is 7.85. The van der Waals surface area contributed by atoms with Crippen LogP contribution in [0.2, 0.25) is 0 Å². The summed E-state index contributed by atoms with van der Waals surface area (Å²) in [5.74, 6) is -0.969. The van der Waals surface area contributed by atoms with Crippen molar-refractivity contribution >= 4 is 38.2 Å². The molecule has 0 saturated carbocycles. The van der Waals surface area contributed by atoms with E-state index in [0.717, 1.165) is 12.1 Å². The average molecular weight is 402 g/mol. The summed E-state index contributed by atoms with van der Waals surface area (Å²) in [4.78, 5) is 22.7. The van der Waals surface area contributed by atoms with Crippen molar-refractivity contribution in [3.8, 4) is 5.75 Å². The monoisotopic (exact) mass is 402 g/mol. The number of hydrogen-bond acceptors (Lipinski definition) is 6. The van der Waals surface area contributed by atoms with Crippen LogP contribution in [0.1, 0.15) is 15.9 Å². The molecule has 0 fully saturated rings. The maximum Gasteiger partial charge on any atom is 0.294 e. The molecule has 3 aromatic carbocycles. The number of anilines is 1. The number of phenolic OH excluding ortho intramolecular Hbond substituents is 1. The van der Waals surface area contributed by atoms with Crippen LogP contribution in [-0.4, -0.2) is 28.9 Å². The lowest BCUT2D eigenvalue weighted by Crippen LogP contribution is -2.15. The lowest BCUT2D eigenvalue weighted by Gasteiger charge is -2.12. The molecular weight excluding hydrogens is 388 g/mol. The minimum Gasteiger partial charge on any atom is -0.508 e. The topological polar surface area (TPSA) is 147 Å². The predicted molar refractivity (Wildman–Crippen MR) is 101 cm³/mol. The molecule has 0 aliphatic carbocycles. The third kappa shape index (κ3) is 3.77. The molecule has 10 heteroatoms. The summed E-state index contributed by atoms with van der Waals surface area (Å²) < 4.78 is 32.5. The number of hydrogen-bond donors (Lipinski definition) is 3. The SMILES string of the molecule is Cc1ccc([N+](=O)[O-])c(C(=O)Nc2cc(S(=O)(=O)O)cc3cc(O)ccc23)c1. The van der Waals surface area contributed by atoms with E-state index in [1.807, 2.05) is 0 Å². The Balaban J connectivity index is 2.16. The van der Waals surface area contributed by atoms with Crippen molar-refractivity contribution in [3.63, 3.8) is 0 Å². The van der Waals surface area contributed by atoms with Gasteiger partial charge in [0.2, 0.25) is 0 Å². The standard InChI is InChI=1S/C18H14N2O7S/c1-10-2-5-17(20(23)24)15(6-10)18(22)19-16-9-13(28(25,26)27)8-11-7-12(21)3-4-14(11)16/h2-9,21H,1H3,(H,19,22)(H,25,26,27). The highest BCUT2D eigenvalue weighted by Crippen LogP contribution is 2.31. The summed E-state index contributed by atoms with van der Waals surface area (Å²) in [6.07, 6.45) is 0. The first-order valence-corrected chi connectivity index (χ1v) is 9.31. The number of fused-ring (bicyclic) bond motifs is 1. The van der Waals surface area contributed by atoms with Crippen molar-refractivity contribution in [2.75, 3.05) is 5.32 Å². The van der Waals surface area contributed by atoms with Crippen molar-refractivity contribution in [1.82, 2.24) is 0 Å². The fraction of sp³-hybridized carbons (Fsp3) is 0.0556. The molecule has 0 bridgehead atoms. The van der Waals surface area contributed by atoms with Crippen LogP contribution < -0.4 is 5.32 Å². The van der Waals surface area contributed by atoms with E-state index in [0.29, 0.717) is 10.9 Å². The van der Waals surface area contributed by atoms with Crippen LogP contribution in [0.5, 0.6) is 5.75 Å². The van der Waals surface area contributed by atoms with Gasteiger partial charge in [0, 0.05) is 11.5 Å². The molecule has 1 amide bonds. The second-order valence-electron chi connectivity index (χ2n) is 6.08. The Morgan fingerprint density at radius 1 is 1.11 bits per heavy atom. The summed E-state index contributed by atoms with van der Waals surface area (Å²) in [6, 6.07) is 10.2. The van der Waals surface area contributed by atoms with Crippen LogP contribution in [0, 0.1) is 17.0 Å². The summed E-state index contributed by atoms with van der Waals surface area (Å²) in [7, 11) is -4.60. The van der Waals surface area contributed by atoms with Gasteiger partial charge in [-0.3, -0.25) is 19.5 Å². The van der Waals surface area contributed by atoms with Crippen molar-refractivity contribution in [3.05, 3.63) is 69.8 Å². The molecule has 0 saturated heterocycles. The van der Waals surface area contributed by atoms with Gasteiger partial charge in [-0.15, -0.1) is 0 Å². The summed E-state index contributed by atoms with van der Waals surface area (Å²) in [6.45, 7) is 1.66. The molecule has 0 aromatic heterocycles. The number of nitrogens with zero attached hydrogens (tertiary/aromatic N) is 1. The molecular formula is C18H14N2O7S. The van der Waals surface area contributed by atoms with E-state index >= 15 is 0 Å². The highest BCUT2D eigenvalue weighted by atomic mass is 32.2. The zero-order valence-corrected chi connectivity index (χ0v) is 15.2. The van der Waals surface area contributed by atoms with Gasteiger partial charge in [-0.1, -0.05) is 6.07 Å². The van der Waals surface area contributed by atoms with E-state index < -0.39 is 31.5 Å². The summed E-state index contributed by atoms with van der Waals surface area (Å²) >= 11 is 0. The molecule has 3 rings (SSSR count). The van der Waals surface area contributed by atoms with Crippen LogP contribution in [0.15, 0.2) is 53.4 Å². The minimum absolute atomic E-state index is 0.00549. The number of nitrogens with one attached hydrogen (secondary N) is 1. The molecule has 28 heavy (non-hydrogen) atoms. The van der Waals surface area contributed by atoms with Gasteiger partial charge in [-0.25, -0.2) is 0 Å². The normalized spacial score (nSPS) is 11.4. The number of benzene rings is 3. The van der Waals surface area contributed by atoms with E-state index in [1.165, 1.54) is 36.4 Å². The van der Waals surface area contributed by atoms with E-state index in [2.05, 4.69) is 5.32 Å². The lowest BCUT2D eigenvalue weighted by molar-refractivity contribution is -0.385. The van der Waals surface area contributed by atoms with E-state index in [-0.39, 0.29) is 22.4 Å². The lowest BCUT2D eigenvalue weighted by atomic mass is 10.1. The summed E-state index contributed by atoms with van der Waals surface area (Å²) in [5.41, 5.74) is 0.0216. The Morgan fingerprint density at radius 3 is 2.46 bits per heavy atom. The number of rotatable bonds is 4. The van der Waals surface area contributed by atoms with Crippen molar-refractivity contribution < 1.29 is 27.8 Å². The number of nitro benzene ring substituents is 1. The first-order chi connectivity index (χ1) is 13.1. The van der Waals surface area contributed by atoms with Crippen molar-refractivity contribution in [2.24, 2.45) is 0 Å². The van der Waals surface area contributed by atoms with Crippen molar-refractivity contribution in [2.45, 2.75) is 11.8 Å². The number of phenols is 1. The van der Waals surface area contributed by atoms with Gasteiger partial charge in [-0.05, 0) is 54.3 Å². The van der Waals surface area contributed by atoms with Crippen molar-refractivity contribution in [1.29, 1.82) is 0 Å². The maximum atomic E-state index is 12.7. The third-order valence-electron chi connectivity index (χ3n) is 4.05. The van der Waals surface area contributed by atoms with Gasteiger partial charge in [-0.2, -0.15) is 8.42 Å². The zero-order chi connectivity index (χ0) is 20.6. The number of aromatic hydroxyl groups is 1. The molecule has 3 N–H and O–H groups in total. The fourth-order valence-corrected chi connectivity index (χ4v) is 3.31. The average Bonchev–Trinajstić information content (AvgIpc) is 2.59. The maximum absolute atomic E-state index is 12.7. The number of aryl methyl sites for hydroxylation is 1. The van der Waals surface area contributed by atoms with Crippen LogP contribution >= 0.6 is 0 Å². The molecule has 0 aliphatic heterocycles. The molecule has 0 aliphatic rings. The van der Waals surface area contributed by atoms with E-state index in [4.69, 9.17) is 0 Å². The van der Waals surface area contributed by atoms with Crippen LogP contribution in [0.25, 0.3) is 10.8 Å². The number of carbonyl (C=O) groups excluding carboxylic acids is 1. The van der Waals surface area contributed by atoms with Crippen LogP contribution in [0.4, 0.5) is 11.4 Å². The second kappa shape index (κ2) is 6.91. The Hall–Kier alpha value is -3.50. The van der Waals surface area contributed by atoms with Gasteiger partial charge in [0.25, 0.3) is 21.7 Å². The molecule has 144 valence electrons. The van der Waals surface area contributed by atoms with Crippen LogP contribution in [0.3, 0.4) is 0 Å². The van der Waals surface area contributed by atoms with E-state index in [1.54, 1.807) is 6.92 Å². The molecule has 0 radical (unpaired) electrons. The first kappa shape index (κ1) is 19.3. The summed E-state index contributed by atoms with van der Waals surface area (Å²) in [5, 5.41) is 23.9. The largest absolute Gasteiger partial charge is 0.508 e. The fourth-order valence-electron chi connectivity index (χ4n) is 2.76. The predicted octanol–water partition coefficient (Wildman–Crippen LogP) is 3.26. The highest BCUT2D eigenvalue weighted by Gasteiger charge is 2.22. The van der Waals surface area contributed by atoms with Crippen LogP contribution in [-0.2, 0) is 10.1 Å². The van der Waals surface area contributed by atoms with E-state index in [9.17, 15) is 33.0 Å². The van der Waals surface area contributed by atoms with Gasteiger partial charge in [0.05, 0.1) is 15.5 Å². The Kier molecular flexibility index (Phi) is 4.75. The molecule has 0 spiro atoms. The smallest absolute Gasteiger partial charge is 0.294 e. The molecule has 9 nitrogen and oxygen atoms in total. The van der Waals surface area contributed by atoms with Gasteiger partial charge >= 0.3 is 0 Å². The Morgan fingerprint density at radius 2 is 1.82 bits per heavy atom. The quantitative estimate of drug-likeness (QED) is 0.345. The molecule has 0 unspecified atom stereocenters.